The predicted molar refractivity (Wildman–Crippen MR) is 63.3 cm³/mol. The lowest BCUT2D eigenvalue weighted by Gasteiger charge is -2.13. The summed E-state index contributed by atoms with van der Waals surface area (Å²) in [4.78, 5) is 0.678. The number of hydrogen-bond acceptors (Lipinski definition) is 3. The molecule has 2 rings (SSSR count). The van der Waals surface area contributed by atoms with E-state index in [0.29, 0.717) is 10.6 Å². The minimum absolute atomic E-state index is 0.130. The second kappa shape index (κ2) is 4.81. The van der Waals surface area contributed by atoms with Gasteiger partial charge in [-0.05, 0) is 29.6 Å². The summed E-state index contributed by atoms with van der Waals surface area (Å²) in [5, 5.41) is 1.80. The van der Waals surface area contributed by atoms with Gasteiger partial charge in [-0.1, -0.05) is 0 Å². The molecule has 2 aromatic rings. The third-order valence-corrected chi connectivity index (χ3v) is 3.43. The van der Waals surface area contributed by atoms with Crippen LogP contribution in [0, 0.1) is 11.6 Å². The van der Waals surface area contributed by atoms with Gasteiger partial charge >= 0.3 is 0 Å². The Labute approximate surface area is 102 Å². The highest BCUT2D eigenvalue weighted by atomic mass is 32.1. The summed E-state index contributed by atoms with van der Waals surface area (Å²) >= 11 is 1.35. The van der Waals surface area contributed by atoms with Gasteiger partial charge in [0.05, 0.1) is 18.0 Å². The molecule has 0 saturated carbocycles. The van der Waals surface area contributed by atoms with Crippen molar-refractivity contribution >= 4 is 11.3 Å². The quantitative estimate of drug-likeness (QED) is 0.914. The smallest absolute Gasteiger partial charge is 0.134 e. The molecule has 2 nitrogen and oxygen atoms in total. The Bertz CT molecular complexity index is 527. The van der Waals surface area contributed by atoms with E-state index in [9.17, 15) is 8.78 Å². The number of hydrogen-bond donors (Lipinski definition) is 1. The van der Waals surface area contributed by atoms with Gasteiger partial charge in [-0.3, -0.25) is 0 Å². The Morgan fingerprint density at radius 2 is 2.06 bits per heavy atom. The van der Waals surface area contributed by atoms with Gasteiger partial charge in [0.25, 0.3) is 0 Å². The van der Waals surface area contributed by atoms with Crippen molar-refractivity contribution in [1.82, 2.24) is 0 Å². The van der Waals surface area contributed by atoms with Crippen LogP contribution in [0.15, 0.2) is 29.6 Å². The van der Waals surface area contributed by atoms with Crippen LogP contribution in [0.25, 0.3) is 0 Å². The minimum Gasteiger partial charge on any atom is -0.496 e. The maximum absolute atomic E-state index is 13.6. The van der Waals surface area contributed by atoms with E-state index in [0.717, 1.165) is 18.2 Å². The fourth-order valence-corrected chi connectivity index (χ4v) is 2.48. The number of halogens is 2. The highest BCUT2D eigenvalue weighted by Crippen LogP contribution is 2.34. The first-order valence-electron chi connectivity index (χ1n) is 4.95. The molecule has 1 unspecified atom stereocenters. The maximum Gasteiger partial charge on any atom is 0.134 e. The summed E-state index contributed by atoms with van der Waals surface area (Å²) in [5.74, 6) is -0.437. The third kappa shape index (κ3) is 2.30. The molecule has 17 heavy (non-hydrogen) atoms. The minimum atomic E-state index is -0.722. The van der Waals surface area contributed by atoms with Gasteiger partial charge in [-0.2, -0.15) is 0 Å². The van der Waals surface area contributed by atoms with Crippen LogP contribution in [0.4, 0.5) is 8.78 Å². The zero-order valence-electron chi connectivity index (χ0n) is 9.11. The molecule has 1 aromatic heterocycles. The number of rotatable bonds is 3. The third-order valence-electron chi connectivity index (χ3n) is 2.45. The fraction of sp³-hybridized carbons (Fsp3) is 0.167. The molecule has 0 radical (unpaired) electrons. The predicted octanol–water partition coefficient (Wildman–Crippen LogP) is 3.08. The van der Waals surface area contributed by atoms with Crippen molar-refractivity contribution in [2.75, 3.05) is 7.11 Å². The van der Waals surface area contributed by atoms with Crippen molar-refractivity contribution in [3.63, 3.8) is 0 Å². The largest absolute Gasteiger partial charge is 0.496 e. The highest BCUT2D eigenvalue weighted by molar-refractivity contribution is 7.10. The second-order valence-electron chi connectivity index (χ2n) is 3.50. The first kappa shape index (κ1) is 12.0. The molecule has 0 aliphatic carbocycles. The number of nitrogens with two attached hydrogens (primary N) is 1. The molecule has 0 aliphatic heterocycles. The van der Waals surface area contributed by atoms with E-state index in [1.54, 1.807) is 11.4 Å². The SMILES string of the molecule is COc1ccsc1C(N)c1cc(F)ccc1F. The molecule has 1 atom stereocenters. The van der Waals surface area contributed by atoms with E-state index in [1.807, 2.05) is 0 Å². The molecule has 1 heterocycles. The van der Waals surface area contributed by atoms with Crippen molar-refractivity contribution in [2.24, 2.45) is 5.73 Å². The van der Waals surface area contributed by atoms with Gasteiger partial charge in [0.2, 0.25) is 0 Å². The first-order valence-corrected chi connectivity index (χ1v) is 5.83. The van der Waals surface area contributed by atoms with Gasteiger partial charge in [0.15, 0.2) is 0 Å². The zero-order chi connectivity index (χ0) is 12.4. The molecular formula is C12H11F2NOS. The molecule has 2 N–H and O–H groups in total. The normalized spacial score (nSPS) is 12.5. The van der Waals surface area contributed by atoms with E-state index >= 15 is 0 Å². The monoisotopic (exact) mass is 255 g/mol. The summed E-state index contributed by atoms with van der Waals surface area (Å²) < 4.78 is 31.8. The van der Waals surface area contributed by atoms with Crippen molar-refractivity contribution in [1.29, 1.82) is 0 Å². The van der Waals surface area contributed by atoms with Crippen molar-refractivity contribution in [3.8, 4) is 5.75 Å². The summed E-state index contributed by atoms with van der Waals surface area (Å²) in [6.07, 6.45) is 0. The molecule has 0 amide bonds. The van der Waals surface area contributed by atoms with E-state index < -0.39 is 17.7 Å². The van der Waals surface area contributed by atoms with Crippen LogP contribution in [0.1, 0.15) is 16.5 Å². The molecular weight excluding hydrogens is 244 g/mol. The van der Waals surface area contributed by atoms with Crippen LogP contribution in [-0.2, 0) is 0 Å². The van der Waals surface area contributed by atoms with Crippen LogP contribution < -0.4 is 10.5 Å². The van der Waals surface area contributed by atoms with Gasteiger partial charge in [-0.15, -0.1) is 11.3 Å². The van der Waals surface area contributed by atoms with Gasteiger partial charge < -0.3 is 10.5 Å². The lowest BCUT2D eigenvalue weighted by molar-refractivity contribution is 0.410. The Morgan fingerprint density at radius 3 is 2.76 bits per heavy atom. The maximum atomic E-state index is 13.6. The molecule has 5 heteroatoms. The Morgan fingerprint density at radius 1 is 1.29 bits per heavy atom. The summed E-state index contributed by atoms with van der Waals surface area (Å²) in [6.45, 7) is 0. The highest BCUT2D eigenvalue weighted by Gasteiger charge is 2.19. The van der Waals surface area contributed by atoms with E-state index in [1.165, 1.54) is 18.4 Å². The van der Waals surface area contributed by atoms with Gasteiger partial charge in [0.1, 0.15) is 17.4 Å². The number of methoxy groups -OCH3 is 1. The fourth-order valence-electron chi connectivity index (χ4n) is 1.60. The average molecular weight is 255 g/mol. The van der Waals surface area contributed by atoms with Crippen LogP contribution >= 0.6 is 11.3 Å². The van der Waals surface area contributed by atoms with Crippen LogP contribution in [-0.4, -0.2) is 7.11 Å². The molecule has 0 bridgehead atoms. The van der Waals surface area contributed by atoms with Crippen LogP contribution in [0.3, 0.4) is 0 Å². The van der Waals surface area contributed by atoms with Crippen molar-refractivity contribution in [2.45, 2.75) is 6.04 Å². The lowest BCUT2D eigenvalue weighted by atomic mass is 10.1. The summed E-state index contributed by atoms with van der Waals surface area (Å²) in [5.41, 5.74) is 6.06. The van der Waals surface area contributed by atoms with E-state index in [4.69, 9.17) is 10.5 Å². The molecule has 0 fully saturated rings. The van der Waals surface area contributed by atoms with Gasteiger partial charge in [0, 0.05) is 5.56 Å². The van der Waals surface area contributed by atoms with Gasteiger partial charge in [-0.25, -0.2) is 8.78 Å². The Hall–Kier alpha value is -1.46. The Balaban J connectivity index is 2.43. The standard InChI is InChI=1S/C12H11F2NOS/c1-16-10-4-5-17-12(10)11(15)8-6-7(13)2-3-9(8)14/h2-6,11H,15H2,1H3. The van der Waals surface area contributed by atoms with E-state index in [-0.39, 0.29) is 5.56 Å². The molecule has 1 aromatic carbocycles. The number of thiophene rings is 1. The zero-order valence-corrected chi connectivity index (χ0v) is 9.93. The average Bonchev–Trinajstić information content (AvgIpc) is 2.79. The summed E-state index contributed by atoms with van der Waals surface area (Å²) in [6, 6.07) is 4.28. The first-order chi connectivity index (χ1) is 8.13. The summed E-state index contributed by atoms with van der Waals surface area (Å²) in [7, 11) is 1.51. The van der Waals surface area contributed by atoms with Crippen LogP contribution in [0.5, 0.6) is 5.75 Å². The van der Waals surface area contributed by atoms with Crippen LogP contribution in [0.2, 0.25) is 0 Å². The van der Waals surface area contributed by atoms with Crippen molar-refractivity contribution < 1.29 is 13.5 Å². The molecule has 90 valence electrons. The second-order valence-corrected chi connectivity index (χ2v) is 4.44. The number of ether oxygens (including phenoxy) is 1. The molecule has 0 saturated heterocycles. The molecule has 0 aliphatic rings. The topological polar surface area (TPSA) is 35.2 Å². The van der Waals surface area contributed by atoms with E-state index in [2.05, 4.69) is 0 Å². The molecule has 0 spiro atoms. The number of benzene rings is 1. The Kier molecular flexibility index (Phi) is 3.40. The van der Waals surface area contributed by atoms with Crippen molar-refractivity contribution in [3.05, 3.63) is 51.7 Å². The lowest BCUT2D eigenvalue weighted by Crippen LogP contribution is -2.13.